The number of pyridine rings is 1. The van der Waals surface area contributed by atoms with Crippen molar-refractivity contribution in [3.05, 3.63) is 18.5 Å². The maximum atomic E-state index is 12.1. The Morgan fingerprint density at radius 3 is 2.95 bits per heavy atom. The fourth-order valence-electron chi connectivity index (χ4n) is 1.89. The Kier molecular flexibility index (Phi) is 8.48. The predicted octanol–water partition coefficient (Wildman–Crippen LogP) is 1.25. The normalized spacial score (nSPS) is 21.1. The summed E-state index contributed by atoms with van der Waals surface area (Å²) in [6.07, 6.45) is 3.02. The standard InChI is InChI=1S/C12H17N3O3.2ClH/c1-8-11(14-5-6-18-8)12(16)15-9-7-13-4-3-10(9)17-2;;/h3-4,7-8,11,14H,5-6H2,1-2H3,(H,15,16);2*1H/t8-,11+;;/m1../s1. The number of ether oxygens (including phenoxy) is 2. The molecule has 6 nitrogen and oxygen atoms in total. The third-order valence-electron chi connectivity index (χ3n) is 2.86. The summed E-state index contributed by atoms with van der Waals surface area (Å²) in [5.74, 6) is 0.441. The lowest BCUT2D eigenvalue weighted by molar-refractivity contribution is -0.123. The van der Waals surface area contributed by atoms with E-state index in [2.05, 4.69) is 15.6 Å². The van der Waals surface area contributed by atoms with Crippen LogP contribution in [0.4, 0.5) is 5.69 Å². The van der Waals surface area contributed by atoms with Crippen LogP contribution in [0.1, 0.15) is 6.92 Å². The van der Waals surface area contributed by atoms with Crippen molar-refractivity contribution in [2.45, 2.75) is 19.1 Å². The van der Waals surface area contributed by atoms with Gasteiger partial charge in [0, 0.05) is 18.8 Å². The van der Waals surface area contributed by atoms with Crippen LogP contribution in [-0.2, 0) is 9.53 Å². The number of nitrogens with zero attached hydrogens (tertiary/aromatic N) is 1. The monoisotopic (exact) mass is 323 g/mol. The smallest absolute Gasteiger partial charge is 0.244 e. The van der Waals surface area contributed by atoms with Crippen LogP contribution in [0.3, 0.4) is 0 Å². The lowest BCUT2D eigenvalue weighted by Gasteiger charge is -2.29. The van der Waals surface area contributed by atoms with E-state index in [1.54, 1.807) is 25.6 Å². The number of methoxy groups -OCH3 is 1. The number of carbonyl (C=O) groups is 1. The number of carbonyl (C=O) groups excluding carboxylic acids is 1. The average molecular weight is 324 g/mol. The third-order valence-corrected chi connectivity index (χ3v) is 2.86. The van der Waals surface area contributed by atoms with E-state index in [4.69, 9.17) is 9.47 Å². The van der Waals surface area contributed by atoms with Gasteiger partial charge >= 0.3 is 0 Å². The van der Waals surface area contributed by atoms with E-state index in [0.29, 0.717) is 24.6 Å². The first kappa shape index (κ1) is 18.9. The molecular weight excluding hydrogens is 305 g/mol. The largest absolute Gasteiger partial charge is 0.494 e. The van der Waals surface area contributed by atoms with Crippen molar-refractivity contribution < 1.29 is 14.3 Å². The van der Waals surface area contributed by atoms with E-state index in [1.807, 2.05) is 6.92 Å². The number of hydrogen-bond donors (Lipinski definition) is 2. The van der Waals surface area contributed by atoms with Gasteiger partial charge in [0.1, 0.15) is 17.5 Å². The molecule has 0 radical (unpaired) electrons. The van der Waals surface area contributed by atoms with Crippen molar-refractivity contribution in [1.29, 1.82) is 0 Å². The number of hydrogen-bond acceptors (Lipinski definition) is 5. The molecule has 0 bridgehead atoms. The van der Waals surface area contributed by atoms with Crippen LogP contribution in [0.2, 0.25) is 0 Å². The second-order valence-electron chi connectivity index (χ2n) is 4.07. The highest BCUT2D eigenvalue weighted by Gasteiger charge is 2.28. The molecule has 0 aliphatic carbocycles. The number of nitrogens with one attached hydrogen (secondary N) is 2. The summed E-state index contributed by atoms with van der Waals surface area (Å²) in [5.41, 5.74) is 0.560. The fourth-order valence-corrected chi connectivity index (χ4v) is 1.89. The van der Waals surface area contributed by atoms with Crippen molar-refractivity contribution >= 4 is 36.4 Å². The first-order valence-corrected chi connectivity index (χ1v) is 5.86. The molecule has 1 aromatic heterocycles. The molecule has 0 unspecified atom stereocenters. The molecule has 2 N–H and O–H groups in total. The van der Waals surface area contributed by atoms with Crippen LogP contribution in [-0.4, -0.2) is 43.3 Å². The molecule has 0 aromatic carbocycles. The van der Waals surface area contributed by atoms with Crippen molar-refractivity contribution in [1.82, 2.24) is 10.3 Å². The first-order valence-electron chi connectivity index (χ1n) is 5.86. The molecule has 1 saturated heterocycles. The summed E-state index contributed by atoms with van der Waals surface area (Å²) in [5, 5.41) is 5.92. The van der Waals surface area contributed by atoms with Gasteiger partial charge in [0.05, 0.1) is 26.0 Å². The zero-order valence-corrected chi connectivity index (χ0v) is 12.9. The molecule has 8 heteroatoms. The molecule has 1 aromatic rings. The maximum absolute atomic E-state index is 12.1. The minimum Gasteiger partial charge on any atom is -0.494 e. The highest BCUT2D eigenvalue weighted by Crippen LogP contribution is 2.22. The predicted molar refractivity (Wildman–Crippen MR) is 81.1 cm³/mol. The van der Waals surface area contributed by atoms with Gasteiger partial charge in [0.15, 0.2) is 0 Å². The van der Waals surface area contributed by atoms with Crippen molar-refractivity contribution in [2.75, 3.05) is 25.6 Å². The van der Waals surface area contributed by atoms with Crippen LogP contribution in [0.25, 0.3) is 0 Å². The van der Waals surface area contributed by atoms with E-state index < -0.39 is 0 Å². The van der Waals surface area contributed by atoms with Crippen LogP contribution >= 0.6 is 24.8 Å². The molecule has 114 valence electrons. The fraction of sp³-hybridized carbons (Fsp3) is 0.500. The Morgan fingerprint density at radius 2 is 2.30 bits per heavy atom. The second-order valence-corrected chi connectivity index (χ2v) is 4.07. The molecular formula is C12H19Cl2N3O3. The second kappa shape index (κ2) is 8.97. The van der Waals surface area contributed by atoms with Crippen LogP contribution in [0.15, 0.2) is 18.5 Å². The van der Waals surface area contributed by atoms with E-state index in [-0.39, 0.29) is 42.9 Å². The van der Waals surface area contributed by atoms with Crippen LogP contribution in [0.5, 0.6) is 5.75 Å². The number of halogens is 2. The third kappa shape index (κ3) is 4.49. The van der Waals surface area contributed by atoms with Gasteiger partial charge < -0.3 is 20.1 Å². The lowest BCUT2D eigenvalue weighted by Crippen LogP contribution is -2.53. The van der Waals surface area contributed by atoms with Crippen LogP contribution in [0, 0.1) is 0 Å². The zero-order valence-electron chi connectivity index (χ0n) is 11.3. The number of aromatic nitrogens is 1. The SMILES string of the molecule is COc1ccncc1NC(=O)[C@H]1NCCO[C@@H]1C.Cl.Cl. The molecule has 1 aliphatic rings. The van der Waals surface area contributed by atoms with E-state index in [0.717, 1.165) is 0 Å². The molecule has 1 fully saturated rings. The molecule has 0 spiro atoms. The molecule has 1 aliphatic heterocycles. The van der Waals surface area contributed by atoms with Crippen LogP contribution < -0.4 is 15.4 Å². The van der Waals surface area contributed by atoms with Crippen molar-refractivity contribution in [3.63, 3.8) is 0 Å². The summed E-state index contributed by atoms with van der Waals surface area (Å²) in [6, 6.07) is 1.34. The summed E-state index contributed by atoms with van der Waals surface area (Å²) in [6.45, 7) is 3.17. The quantitative estimate of drug-likeness (QED) is 0.875. The van der Waals surface area contributed by atoms with Gasteiger partial charge in [-0.3, -0.25) is 9.78 Å². The highest BCUT2D eigenvalue weighted by atomic mass is 35.5. The average Bonchev–Trinajstić information content (AvgIpc) is 2.39. The highest BCUT2D eigenvalue weighted by molar-refractivity contribution is 5.96. The molecule has 1 amide bonds. The van der Waals surface area contributed by atoms with Gasteiger partial charge in [-0.05, 0) is 6.92 Å². The molecule has 2 heterocycles. The molecule has 2 rings (SSSR count). The Balaban J connectivity index is 0.00000180. The van der Waals surface area contributed by atoms with Crippen molar-refractivity contribution in [2.24, 2.45) is 0 Å². The number of anilines is 1. The van der Waals surface area contributed by atoms with Gasteiger partial charge in [0.2, 0.25) is 5.91 Å². The van der Waals surface area contributed by atoms with Gasteiger partial charge in [-0.25, -0.2) is 0 Å². The minimum absolute atomic E-state index is 0. The van der Waals surface area contributed by atoms with E-state index in [9.17, 15) is 4.79 Å². The number of rotatable bonds is 3. The maximum Gasteiger partial charge on any atom is 0.244 e. The Hall–Kier alpha value is -1.08. The minimum atomic E-state index is -0.358. The summed E-state index contributed by atoms with van der Waals surface area (Å²) in [7, 11) is 1.55. The number of morpholine rings is 1. The number of amides is 1. The summed E-state index contributed by atoms with van der Waals surface area (Å²) >= 11 is 0. The van der Waals surface area contributed by atoms with E-state index in [1.165, 1.54) is 0 Å². The zero-order chi connectivity index (χ0) is 13.0. The van der Waals surface area contributed by atoms with E-state index >= 15 is 0 Å². The van der Waals surface area contributed by atoms with Gasteiger partial charge in [-0.15, -0.1) is 24.8 Å². The van der Waals surface area contributed by atoms with Gasteiger partial charge in [0.25, 0.3) is 0 Å². The summed E-state index contributed by atoms with van der Waals surface area (Å²) < 4.78 is 10.6. The topological polar surface area (TPSA) is 72.5 Å². The van der Waals surface area contributed by atoms with Crippen molar-refractivity contribution in [3.8, 4) is 5.75 Å². The van der Waals surface area contributed by atoms with Gasteiger partial charge in [-0.1, -0.05) is 0 Å². The first-order chi connectivity index (χ1) is 8.72. The summed E-state index contributed by atoms with van der Waals surface area (Å²) in [4.78, 5) is 16.1. The lowest BCUT2D eigenvalue weighted by atomic mass is 10.1. The molecule has 0 saturated carbocycles. The Bertz CT molecular complexity index is 434. The molecule has 2 atom stereocenters. The molecule has 20 heavy (non-hydrogen) atoms. The Morgan fingerprint density at radius 1 is 1.55 bits per heavy atom. The van der Waals surface area contributed by atoms with Gasteiger partial charge in [-0.2, -0.15) is 0 Å². The Labute approximate surface area is 130 Å².